The van der Waals surface area contributed by atoms with Crippen molar-refractivity contribution in [2.75, 3.05) is 0 Å². The number of nitrogens with zero attached hydrogens (tertiary/aromatic N) is 3. The first-order valence-corrected chi connectivity index (χ1v) is 2.60. The van der Waals surface area contributed by atoms with Crippen molar-refractivity contribution in [3.8, 4) is 18.2 Å². The third-order valence-electron chi connectivity index (χ3n) is 0.824. The van der Waals surface area contributed by atoms with Gasteiger partial charge in [0.15, 0.2) is 0 Å². The monoisotopic (exact) mass is 163 g/mol. The molecule has 0 rings (SSSR count). The van der Waals surface area contributed by atoms with Gasteiger partial charge in [0.1, 0.15) is 18.2 Å². The second-order valence-corrected chi connectivity index (χ2v) is 1.39. The van der Waals surface area contributed by atoms with Gasteiger partial charge >= 0.3 is 11.4 Å². The molecule has 0 spiro atoms. The molecule has 1 N–H and O–H groups in total. The van der Waals surface area contributed by atoms with Crippen LogP contribution in [0.25, 0.3) is 0 Å². The number of hydrogen-bond acceptors (Lipinski definition) is 4. The van der Waals surface area contributed by atoms with Crippen molar-refractivity contribution in [2.24, 2.45) is 5.41 Å². The Morgan fingerprint density at radius 2 is 1.42 bits per heavy atom. The van der Waals surface area contributed by atoms with Gasteiger partial charge < -0.3 is 5.11 Å². The highest BCUT2D eigenvalue weighted by Gasteiger charge is 2.39. The lowest BCUT2D eigenvalue weighted by Gasteiger charge is -1.98. The number of hydrogen-bond donors (Lipinski definition) is 1. The molecule has 0 unspecified atom stereocenters. The predicted molar refractivity (Wildman–Crippen MR) is 38.2 cm³/mol. The molecule has 0 aliphatic rings. The number of carboxylic acid groups (broad SMARTS) is 1. The van der Waals surface area contributed by atoms with Gasteiger partial charge in [0.05, 0.1) is 0 Å². The van der Waals surface area contributed by atoms with Crippen molar-refractivity contribution in [1.82, 2.24) is 0 Å². The Hall–Kier alpha value is -2.32. The number of carbonyl (C=O) groups is 1. The summed E-state index contributed by atoms with van der Waals surface area (Å²) in [5.41, 5.74) is -2.54. The van der Waals surface area contributed by atoms with E-state index in [2.05, 4.69) is 13.2 Å². The van der Waals surface area contributed by atoms with Crippen molar-refractivity contribution < 1.29 is 9.90 Å². The van der Waals surface area contributed by atoms with E-state index in [1.807, 2.05) is 0 Å². The van der Waals surface area contributed by atoms with E-state index in [4.69, 9.17) is 20.9 Å². The lowest BCUT2D eigenvalue weighted by Crippen LogP contribution is -2.25. The normalized spacial score (nSPS) is 7.42. The lowest BCUT2D eigenvalue weighted by molar-refractivity contribution is -0.140. The van der Waals surface area contributed by atoms with E-state index in [9.17, 15) is 4.79 Å². The lowest BCUT2D eigenvalue weighted by atomic mass is 9.95. The van der Waals surface area contributed by atoms with Gasteiger partial charge in [-0.2, -0.15) is 15.8 Å². The average molecular weight is 163 g/mol. The Balaban J connectivity index is 0. The summed E-state index contributed by atoms with van der Waals surface area (Å²) in [6.45, 7) is 6.00. The Labute approximate surface area is 69.4 Å². The van der Waals surface area contributed by atoms with Crippen LogP contribution in [0.2, 0.25) is 0 Å². The van der Waals surface area contributed by atoms with Crippen LogP contribution in [0.1, 0.15) is 0 Å². The first kappa shape index (κ1) is 12.4. The first-order valence-electron chi connectivity index (χ1n) is 2.60. The van der Waals surface area contributed by atoms with Crippen LogP contribution in [-0.4, -0.2) is 11.1 Å². The quantitative estimate of drug-likeness (QED) is 0.563. The van der Waals surface area contributed by atoms with E-state index >= 15 is 0 Å². The molecule has 12 heavy (non-hydrogen) atoms. The molecule has 0 aromatic heterocycles. The van der Waals surface area contributed by atoms with E-state index in [1.165, 1.54) is 0 Å². The van der Waals surface area contributed by atoms with E-state index in [1.54, 1.807) is 0 Å². The van der Waals surface area contributed by atoms with Crippen molar-refractivity contribution >= 4 is 5.97 Å². The second kappa shape index (κ2) is 5.46. The Bertz CT molecular complexity index is 253. The van der Waals surface area contributed by atoms with Gasteiger partial charge in [0.25, 0.3) is 0 Å². The molecule has 0 saturated carbocycles. The minimum Gasteiger partial charge on any atom is -0.478 e. The molecule has 0 aromatic rings. The van der Waals surface area contributed by atoms with Crippen LogP contribution in [0.15, 0.2) is 13.2 Å². The molecule has 0 aromatic carbocycles. The summed E-state index contributed by atoms with van der Waals surface area (Å²) in [4.78, 5) is 10.0. The van der Waals surface area contributed by atoms with Crippen LogP contribution < -0.4 is 0 Å². The van der Waals surface area contributed by atoms with E-state index in [-0.39, 0.29) is 0 Å². The molecule has 60 valence electrons. The molecule has 0 fully saturated rings. The van der Waals surface area contributed by atoms with Gasteiger partial charge in [0.2, 0.25) is 0 Å². The van der Waals surface area contributed by atoms with Crippen LogP contribution in [0.4, 0.5) is 0 Å². The molecule has 0 heterocycles. The fourth-order valence-electron chi connectivity index (χ4n) is 0.218. The molecule has 5 nitrogen and oxygen atoms in total. The smallest absolute Gasteiger partial charge is 0.353 e. The van der Waals surface area contributed by atoms with Crippen LogP contribution in [0, 0.1) is 39.4 Å². The zero-order chi connectivity index (χ0) is 10.2. The molecule has 0 saturated heterocycles. The van der Waals surface area contributed by atoms with Crippen molar-refractivity contribution in [3.63, 3.8) is 0 Å². The molecule has 0 aliphatic heterocycles. The molecule has 0 radical (unpaired) electrons. The highest BCUT2D eigenvalue weighted by atomic mass is 16.4. The number of nitriles is 3. The highest BCUT2D eigenvalue weighted by molar-refractivity contribution is 5.85. The van der Waals surface area contributed by atoms with Crippen LogP contribution in [-0.2, 0) is 4.79 Å². The fraction of sp³-hybridized carbons (Fsp3) is 0.143. The first-order chi connectivity index (χ1) is 5.63. The van der Waals surface area contributed by atoms with Gasteiger partial charge in [-0.25, -0.2) is 4.79 Å². The van der Waals surface area contributed by atoms with Crippen LogP contribution in [0.3, 0.4) is 0 Å². The van der Waals surface area contributed by atoms with Gasteiger partial charge in [-0.1, -0.05) is 0 Å². The van der Waals surface area contributed by atoms with Crippen molar-refractivity contribution in [2.45, 2.75) is 0 Å². The molecule has 0 bridgehead atoms. The predicted octanol–water partition coefficient (Wildman–Crippen LogP) is 0.430. The fourth-order valence-corrected chi connectivity index (χ4v) is 0.218. The van der Waals surface area contributed by atoms with Crippen LogP contribution in [0.5, 0.6) is 0 Å². The molecular formula is C7H5N3O2. The Morgan fingerprint density at radius 3 is 1.42 bits per heavy atom. The minimum atomic E-state index is -2.54. The second-order valence-electron chi connectivity index (χ2n) is 1.39. The molecular weight excluding hydrogens is 158 g/mol. The number of carboxylic acids is 1. The molecule has 0 aliphatic carbocycles. The van der Waals surface area contributed by atoms with E-state index < -0.39 is 11.4 Å². The number of aliphatic carboxylic acids is 1. The van der Waals surface area contributed by atoms with E-state index in [0.717, 1.165) is 18.2 Å². The summed E-state index contributed by atoms with van der Waals surface area (Å²) in [5.74, 6) is -1.74. The third kappa shape index (κ3) is 2.13. The topological polar surface area (TPSA) is 109 Å². The van der Waals surface area contributed by atoms with Crippen molar-refractivity contribution in [3.05, 3.63) is 13.2 Å². The SMILES string of the molecule is C=C.N#CC(C#N)(C#N)C(=O)O. The van der Waals surface area contributed by atoms with Crippen molar-refractivity contribution in [1.29, 1.82) is 15.8 Å². The van der Waals surface area contributed by atoms with Gasteiger partial charge in [-0.3, -0.25) is 0 Å². The maximum Gasteiger partial charge on any atom is 0.353 e. The zero-order valence-corrected chi connectivity index (χ0v) is 6.11. The molecule has 0 atom stereocenters. The molecule has 0 amide bonds. The summed E-state index contributed by atoms with van der Waals surface area (Å²) >= 11 is 0. The Kier molecular flexibility index (Phi) is 5.63. The van der Waals surface area contributed by atoms with Gasteiger partial charge in [0, 0.05) is 0 Å². The summed E-state index contributed by atoms with van der Waals surface area (Å²) in [6.07, 6.45) is 0. The highest BCUT2D eigenvalue weighted by Crippen LogP contribution is 2.11. The van der Waals surface area contributed by atoms with Gasteiger partial charge in [-0.05, 0) is 0 Å². The summed E-state index contributed by atoms with van der Waals surface area (Å²) in [6, 6.07) is 3.28. The summed E-state index contributed by atoms with van der Waals surface area (Å²) < 4.78 is 0. The van der Waals surface area contributed by atoms with Gasteiger partial charge in [-0.15, -0.1) is 13.2 Å². The van der Waals surface area contributed by atoms with Crippen LogP contribution >= 0.6 is 0 Å². The summed E-state index contributed by atoms with van der Waals surface area (Å²) in [5, 5.41) is 32.4. The maximum atomic E-state index is 10.0. The van der Waals surface area contributed by atoms with E-state index in [0.29, 0.717) is 0 Å². The third-order valence-corrected chi connectivity index (χ3v) is 0.824. The standard InChI is InChI=1S/C5HN3O2.C2H4/c6-1-5(2-7,3-8)4(9)10;1-2/h(H,9,10);1-2H2. The largest absolute Gasteiger partial charge is 0.478 e. The summed E-state index contributed by atoms with van der Waals surface area (Å²) in [7, 11) is 0. The zero-order valence-electron chi connectivity index (χ0n) is 6.11. The molecule has 5 heteroatoms. The Morgan fingerprint density at radius 1 is 1.17 bits per heavy atom. The number of rotatable bonds is 1. The minimum absolute atomic E-state index is 1.09. The average Bonchev–Trinajstić information content (AvgIpc) is 2.11. The maximum absolute atomic E-state index is 10.0.